The van der Waals surface area contributed by atoms with E-state index < -0.39 is 0 Å². The molecular weight excluding hydrogens is 442 g/mol. The topological polar surface area (TPSA) is 76.7 Å². The summed E-state index contributed by atoms with van der Waals surface area (Å²) in [5.41, 5.74) is 0.834. The van der Waals surface area contributed by atoms with E-state index in [9.17, 15) is 14.7 Å². The summed E-state index contributed by atoms with van der Waals surface area (Å²) in [6.45, 7) is 0.291. The lowest BCUT2D eigenvalue weighted by Gasteiger charge is -2.27. The minimum atomic E-state index is -0.361. The number of fused-ring (bicyclic) bond motifs is 6. The highest BCUT2D eigenvalue weighted by Crippen LogP contribution is 2.48. The Hall–Kier alpha value is -3.71. The largest absolute Gasteiger partial charge is 0.493 e. The predicted octanol–water partition coefficient (Wildman–Crippen LogP) is 4.06. The first kappa shape index (κ1) is 19.9. The number of ether oxygens (including phenoxy) is 1. The smallest absolute Gasteiger partial charge is 0.336 e. The number of likely N-dealkylation sites (tertiary alicyclic amines) is 1. The maximum absolute atomic E-state index is 13.4. The van der Waals surface area contributed by atoms with Gasteiger partial charge in [-0.25, -0.2) is 9.36 Å². The summed E-state index contributed by atoms with van der Waals surface area (Å²) in [6.07, 6.45) is 0.612. The standard InChI is InChI=1S/C25H20ClN3O4/c26-16-8-10-18(11-9-16)33-14-22(30)27-13-17-12-21(27)23-24(31)29(25(32)28(17)23)20-7-3-5-15-4-1-2-6-19(15)20/h1-11,17,21,31H,12-14H2/t17-,21-/m0/s1. The summed E-state index contributed by atoms with van der Waals surface area (Å²) in [7, 11) is 0. The Kier molecular flexibility index (Phi) is 4.48. The molecule has 0 radical (unpaired) electrons. The highest BCUT2D eigenvalue weighted by atomic mass is 35.5. The molecule has 1 fully saturated rings. The zero-order valence-electron chi connectivity index (χ0n) is 17.5. The van der Waals surface area contributed by atoms with Gasteiger partial charge in [0.05, 0.1) is 17.8 Å². The lowest BCUT2D eigenvalue weighted by molar-refractivity contribution is -0.134. The number of aromatic hydroxyl groups is 1. The minimum Gasteiger partial charge on any atom is -0.493 e. The van der Waals surface area contributed by atoms with Crippen molar-refractivity contribution < 1.29 is 14.6 Å². The van der Waals surface area contributed by atoms with Crippen LogP contribution >= 0.6 is 11.6 Å². The van der Waals surface area contributed by atoms with Crippen molar-refractivity contribution in [2.75, 3.05) is 13.2 Å². The predicted molar refractivity (Wildman–Crippen MR) is 124 cm³/mol. The Morgan fingerprint density at radius 3 is 2.64 bits per heavy atom. The number of amides is 1. The molecule has 1 aromatic heterocycles. The van der Waals surface area contributed by atoms with Gasteiger partial charge in [0.15, 0.2) is 6.61 Å². The fraction of sp³-hybridized carbons (Fsp3) is 0.200. The summed E-state index contributed by atoms with van der Waals surface area (Å²) < 4.78 is 8.62. The summed E-state index contributed by atoms with van der Waals surface area (Å²) in [4.78, 5) is 28.0. The number of hydrogen-bond donors (Lipinski definition) is 1. The van der Waals surface area contributed by atoms with Crippen LogP contribution < -0.4 is 10.4 Å². The van der Waals surface area contributed by atoms with Crippen LogP contribution in [0.15, 0.2) is 71.5 Å². The van der Waals surface area contributed by atoms with Crippen molar-refractivity contribution in [2.24, 2.45) is 0 Å². The van der Waals surface area contributed by atoms with E-state index in [4.69, 9.17) is 16.3 Å². The number of rotatable bonds is 4. The van der Waals surface area contributed by atoms with Crippen molar-refractivity contribution in [3.05, 3.63) is 87.9 Å². The second-order valence-corrected chi connectivity index (χ2v) is 8.83. The first-order chi connectivity index (χ1) is 16.0. The Morgan fingerprint density at radius 1 is 1.06 bits per heavy atom. The molecule has 2 bridgehead atoms. The second kappa shape index (κ2) is 7.42. The number of imidazole rings is 1. The highest BCUT2D eigenvalue weighted by Gasteiger charge is 2.49. The Morgan fingerprint density at radius 2 is 1.82 bits per heavy atom. The SMILES string of the molecule is O=C(COc1ccc(Cl)cc1)N1C[C@@H]2C[C@H]1c1c(O)n(-c3cccc4ccccc34)c(=O)n12. The van der Waals surface area contributed by atoms with Crippen molar-refractivity contribution in [3.8, 4) is 17.3 Å². The third-order valence-electron chi connectivity index (χ3n) is 6.56. The van der Waals surface area contributed by atoms with Gasteiger partial charge in [-0.15, -0.1) is 0 Å². The second-order valence-electron chi connectivity index (χ2n) is 8.39. The Bertz CT molecular complexity index is 1450. The third kappa shape index (κ3) is 3.03. The van der Waals surface area contributed by atoms with E-state index in [0.29, 0.717) is 35.1 Å². The van der Waals surface area contributed by atoms with Crippen LogP contribution in [0.2, 0.25) is 5.02 Å². The number of hydrogen-bond acceptors (Lipinski definition) is 4. The number of carbonyl (C=O) groups is 1. The van der Waals surface area contributed by atoms with E-state index in [0.717, 1.165) is 10.8 Å². The monoisotopic (exact) mass is 461 g/mol. The quantitative estimate of drug-likeness (QED) is 0.497. The van der Waals surface area contributed by atoms with Crippen LogP contribution in [0.25, 0.3) is 16.5 Å². The number of nitrogens with zero attached hydrogens (tertiary/aromatic N) is 3. The zero-order valence-corrected chi connectivity index (χ0v) is 18.3. The number of carbonyl (C=O) groups excluding carboxylic acids is 1. The van der Waals surface area contributed by atoms with Crippen molar-refractivity contribution >= 4 is 28.3 Å². The van der Waals surface area contributed by atoms with Gasteiger partial charge in [0.25, 0.3) is 5.91 Å². The average Bonchev–Trinajstić information content (AvgIpc) is 3.49. The van der Waals surface area contributed by atoms with Gasteiger partial charge in [0.2, 0.25) is 5.88 Å². The maximum atomic E-state index is 13.4. The van der Waals surface area contributed by atoms with Gasteiger partial charge >= 0.3 is 5.69 Å². The first-order valence-electron chi connectivity index (χ1n) is 10.7. The zero-order chi connectivity index (χ0) is 22.7. The molecule has 0 saturated carbocycles. The van der Waals surface area contributed by atoms with Crippen LogP contribution in [0.1, 0.15) is 24.2 Å². The Balaban J connectivity index is 1.32. The molecule has 4 aromatic rings. The first-order valence-corrected chi connectivity index (χ1v) is 11.1. The third-order valence-corrected chi connectivity index (χ3v) is 6.81. The van der Waals surface area contributed by atoms with E-state index in [1.165, 1.54) is 4.57 Å². The molecule has 8 heteroatoms. The number of aromatic nitrogens is 2. The molecule has 3 aromatic carbocycles. The summed E-state index contributed by atoms with van der Waals surface area (Å²) >= 11 is 5.89. The molecular formula is C25H20ClN3O4. The highest BCUT2D eigenvalue weighted by molar-refractivity contribution is 6.30. The van der Waals surface area contributed by atoms with Gasteiger partial charge in [0, 0.05) is 17.0 Å². The van der Waals surface area contributed by atoms with Gasteiger partial charge in [-0.1, -0.05) is 48.0 Å². The number of halogens is 1. The van der Waals surface area contributed by atoms with Crippen LogP contribution in [0.5, 0.6) is 11.6 Å². The average molecular weight is 462 g/mol. The molecule has 1 N–H and O–H groups in total. The van der Waals surface area contributed by atoms with E-state index >= 15 is 0 Å². The summed E-state index contributed by atoms with van der Waals surface area (Å²) in [5.74, 6) is 0.257. The molecule has 3 heterocycles. The van der Waals surface area contributed by atoms with Crippen LogP contribution in [0, 0.1) is 0 Å². The van der Waals surface area contributed by atoms with Crippen molar-refractivity contribution in [1.82, 2.24) is 14.0 Å². The Labute approximate surface area is 194 Å². The van der Waals surface area contributed by atoms with Gasteiger partial charge in [0.1, 0.15) is 11.4 Å². The number of benzene rings is 3. The maximum Gasteiger partial charge on any atom is 0.336 e. The van der Waals surface area contributed by atoms with E-state index in [2.05, 4.69) is 0 Å². The molecule has 2 aliphatic heterocycles. The van der Waals surface area contributed by atoms with Crippen molar-refractivity contribution in [3.63, 3.8) is 0 Å². The molecule has 2 atom stereocenters. The molecule has 0 aliphatic carbocycles. The van der Waals surface area contributed by atoms with Gasteiger partial charge in [-0.3, -0.25) is 9.36 Å². The fourth-order valence-corrected chi connectivity index (χ4v) is 5.23. The fourth-order valence-electron chi connectivity index (χ4n) is 5.10. The molecule has 7 nitrogen and oxygen atoms in total. The van der Waals surface area contributed by atoms with Crippen molar-refractivity contribution in [2.45, 2.75) is 18.5 Å². The van der Waals surface area contributed by atoms with Crippen LogP contribution in [-0.2, 0) is 4.79 Å². The van der Waals surface area contributed by atoms with E-state index in [-0.39, 0.29) is 36.2 Å². The van der Waals surface area contributed by atoms with E-state index in [1.54, 1.807) is 33.7 Å². The van der Waals surface area contributed by atoms with Crippen LogP contribution in [0.4, 0.5) is 0 Å². The van der Waals surface area contributed by atoms with Crippen molar-refractivity contribution in [1.29, 1.82) is 0 Å². The summed E-state index contributed by atoms with van der Waals surface area (Å²) in [5, 5.41) is 13.6. The molecule has 0 spiro atoms. The minimum absolute atomic E-state index is 0.111. The molecule has 6 rings (SSSR count). The molecule has 1 saturated heterocycles. The molecule has 33 heavy (non-hydrogen) atoms. The lowest BCUT2D eigenvalue weighted by atomic mass is 10.1. The van der Waals surface area contributed by atoms with E-state index in [1.807, 2.05) is 42.5 Å². The van der Waals surface area contributed by atoms with Gasteiger partial charge in [-0.2, -0.15) is 0 Å². The van der Waals surface area contributed by atoms with Crippen LogP contribution in [0.3, 0.4) is 0 Å². The van der Waals surface area contributed by atoms with Crippen LogP contribution in [-0.4, -0.2) is 38.2 Å². The lowest BCUT2D eigenvalue weighted by Crippen LogP contribution is -2.40. The van der Waals surface area contributed by atoms with Gasteiger partial charge < -0.3 is 14.7 Å². The molecule has 2 aliphatic rings. The van der Waals surface area contributed by atoms with Gasteiger partial charge in [-0.05, 0) is 42.1 Å². The normalized spacial score (nSPS) is 18.6. The molecule has 166 valence electrons. The summed E-state index contributed by atoms with van der Waals surface area (Å²) in [6, 6.07) is 19.7. The molecule has 0 unspecified atom stereocenters. The molecule has 1 amide bonds.